The third-order valence-corrected chi connectivity index (χ3v) is 3.95. The third-order valence-electron chi connectivity index (χ3n) is 3.95. The van der Waals surface area contributed by atoms with Crippen LogP contribution in [0.2, 0.25) is 0 Å². The number of nitrogens with one attached hydrogen (secondary N) is 2. The van der Waals surface area contributed by atoms with Gasteiger partial charge in [0.25, 0.3) is 0 Å². The summed E-state index contributed by atoms with van der Waals surface area (Å²) in [5.41, 5.74) is 1.39. The summed E-state index contributed by atoms with van der Waals surface area (Å²) < 4.78 is 0. The molecule has 0 bridgehead atoms. The normalized spacial score (nSPS) is 12.9. The van der Waals surface area contributed by atoms with Crippen LogP contribution in [0, 0.1) is 0 Å². The molecular formula is C18H33IN4. The first kappa shape index (κ1) is 22.2. The summed E-state index contributed by atoms with van der Waals surface area (Å²) in [6.45, 7) is 8.53. The fourth-order valence-corrected chi connectivity index (χ4v) is 2.14. The van der Waals surface area contributed by atoms with Crippen molar-refractivity contribution in [2.24, 2.45) is 4.99 Å². The maximum absolute atomic E-state index is 4.30. The maximum Gasteiger partial charge on any atom is 0.191 e. The second kappa shape index (κ2) is 12.6. The van der Waals surface area contributed by atoms with Crippen molar-refractivity contribution < 1.29 is 0 Å². The Morgan fingerprint density at radius 3 is 2.39 bits per heavy atom. The molecule has 1 aromatic carbocycles. The highest BCUT2D eigenvalue weighted by atomic mass is 127. The number of hydrogen-bond donors (Lipinski definition) is 2. The average molecular weight is 432 g/mol. The first-order chi connectivity index (χ1) is 10.5. The van der Waals surface area contributed by atoms with E-state index in [0.717, 1.165) is 31.9 Å². The molecule has 0 saturated heterocycles. The van der Waals surface area contributed by atoms with E-state index in [0.29, 0.717) is 12.1 Å². The number of nitrogens with zero attached hydrogens (tertiary/aromatic N) is 2. The van der Waals surface area contributed by atoms with Gasteiger partial charge in [-0.25, -0.2) is 0 Å². The number of rotatable bonds is 8. The van der Waals surface area contributed by atoms with Crippen molar-refractivity contribution >= 4 is 29.9 Å². The molecule has 0 fully saturated rings. The van der Waals surface area contributed by atoms with Crippen molar-refractivity contribution in [2.75, 3.05) is 27.2 Å². The summed E-state index contributed by atoms with van der Waals surface area (Å²) in [6, 6.07) is 11.6. The summed E-state index contributed by atoms with van der Waals surface area (Å²) in [7, 11) is 3.97. The van der Waals surface area contributed by atoms with Crippen LogP contribution in [0.3, 0.4) is 0 Å². The van der Waals surface area contributed by atoms with E-state index in [4.69, 9.17) is 0 Å². The van der Waals surface area contributed by atoms with Gasteiger partial charge in [0.2, 0.25) is 0 Å². The lowest BCUT2D eigenvalue weighted by Crippen LogP contribution is -2.45. The van der Waals surface area contributed by atoms with E-state index >= 15 is 0 Å². The van der Waals surface area contributed by atoms with Crippen LogP contribution in [0.1, 0.15) is 32.8 Å². The molecule has 23 heavy (non-hydrogen) atoms. The summed E-state index contributed by atoms with van der Waals surface area (Å²) in [5.74, 6) is 0.887. The van der Waals surface area contributed by atoms with Crippen LogP contribution < -0.4 is 10.6 Å². The van der Waals surface area contributed by atoms with Gasteiger partial charge >= 0.3 is 0 Å². The van der Waals surface area contributed by atoms with E-state index in [2.05, 4.69) is 78.7 Å². The zero-order valence-electron chi connectivity index (χ0n) is 15.2. The van der Waals surface area contributed by atoms with E-state index in [-0.39, 0.29) is 24.0 Å². The first-order valence-corrected chi connectivity index (χ1v) is 8.24. The molecule has 1 rings (SSSR count). The molecule has 2 N–H and O–H groups in total. The summed E-state index contributed by atoms with van der Waals surface area (Å²) in [6.07, 6.45) is 2.18. The number of benzene rings is 1. The quantitative estimate of drug-likeness (QED) is 0.377. The van der Waals surface area contributed by atoms with E-state index in [1.54, 1.807) is 0 Å². The minimum absolute atomic E-state index is 0. The van der Waals surface area contributed by atoms with Crippen LogP contribution in [0.25, 0.3) is 0 Å². The van der Waals surface area contributed by atoms with Gasteiger partial charge in [-0.15, -0.1) is 24.0 Å². The molecule has 0 aromatic heterocycles. The lowest BCUT2D eigenvalue weighted by molar-refractivity contribution is 0.278. The van der Waals surface area contributed by atoms with Crippen LogP contribution in [0.15, 0.2) is 35.3 Å². The van der Waals surface area contributed by atoms with Gasteiger partial charge in [0.15, 0.2) is 5.96 Å². The van der Waals surface area contributed by atoms with Crippen molar-refractivity contribution in [3.05, 3.63) is 35.9 Å². The van der Waals surface area contributed by atoms with Gasteiger partial charge in [0.05, 0.1) is 0 Å². The van der Waals surface area contributed by atoms with Gasteiger partial charge in [-0.1, -0.05) is 30.3 Å². The molecule has 0 heterocycles. The second-order valence-electron chi connectivity index (χ2n) is 6.14. The van der Waals surface area contributed by atoms with Gasteiger partial charge in [0.1, 0.15) is 0 Å². The van der Waals surface area contributed by atoms with Crippen LogP contribution in [-0.2, 0) is 6.42 Å². The van der Waals surface area contributed by atoms with E-state index in [1.165, 1.54) is 5.56 Å². The Bertz CT molecular complexity index is 434. The molecule has 0 aliphatic rings. The number of aryl methyl sites for hydroxylation is 1. The van der Waals surface area contributed by atoms with Crippen molar-refractivity contribution in [3.63, 3.8) is 0 Å². The molecule has 0 aliphatic carbocycles. The molecule has 132 valence electrons. The predicted molar refractivity (Wildman–Crippen MR) is 112 cm³/mol. The lowest BCUT2D eigenvalue weighted by Gasteiger charge is -2.23. The van der Waals surface area contributed by atoms with Crippen LogP contribution in [0.5, 0.6) is 0 Å². The highest BCUT2D eigenvalue weighted by molar-refractivity contribution is 14.0. The van der Waals surface area contributed by atoms with Crippen molar-refractivity contribution in [2.45, 2.75) is 45.7 Å². The minimum Gasteiger partial charge on any atom is -0.355 e. The smallest absolute Gasteiger partial charge is 0.191 e. The molecular weight excluding hydrogens is 399 g/mol. The van der Waals surface area contributed by atoms with Gasteiger partial charge in [-0.05, 0) is 46.2 Å². The molecule has 5 heteroatoms. The van der Waals surface area contributed by atoms with E-state index in [9.17, 15) is 0 Å². The SMILES string of the molecule is CN=C(NCCN(C)C(C)C)NC(C)CCc1ccccc1.I. The van der Waals surface area contributed by atoms with Crippen molar-refractivity contribution in [3.8, 4) is 0 Å². The van der Waals surface area contributed by atoms with Gasteiger partial charge in [-0.2, -0.15) is 0 Å². The van der Waals surface area contributed by atoms with Gasteiger partial charge < -0.3 is 15.5 Å². The predicted octanol–water partition coefficient (Wildman–Crippen LogP) is 3.13. The molecule has 1 aromatic rings. The molecule has 0 spiro atoms. The molecule has 0 amide bonds. The Morgan fingerprint density at radius 2 is 1.83 bits per heavy atom. The third kappa shape index (κ3) is 9.81. The summed E-state index contributed by atoms with van der Waals surface area (Å²) in [5, 5.41) is 6.84. The molecule has 4 nitrogen and oxygen atoms in total. The highest BCUT2D eigenvalue weighted by Gasteiger charge is 2.07. The Hall–Kier alpha value is -0.820. The Morgan fingerprint density at radius 1 is 1.17 bits per heavy atom. The number of likely N-dealkylation sites (N-methyl/N-ethyl adjacent to an activating group) is 1. The van der Waals surface area contributed by atoms with Crippen molar-refractivity contribution in [1.82, 2.24) is 15.5 Å². The monoisotopic (exact) mass is 432 g/mol. The Kier molecular flexibility index (Phi) is 12.1. The van der Waals surface area contributed by atoms with Crippen molar-refractivity contribution in [1.29, 1.82) is 0 Å². The molecule has 1 unspecified atom stereocenters. The molecule has 1 atom stereocenters. The number of hydrogen-bond acceptors (Lipinski definition) is 2. The summed E-state index contributed by atoms with van der Waals surface area (Å²) >= 11 is 0. The zero-order valence-corrected chi connectivity index (χ0v) is 17.5. The van der Waals surface area contributed by atoms with E-state index in [1.807, 2.05) is 7.05 Å². The average Bonchev–Trinajstić information content (AvgIpc) is 2.52. The molecule has 0 aliphatic heterocycles. The maximum atomic E-state index is 4.30. The topological polar surface area (TPSA) is 39.7 Å². The van der Waals surface area contributed by atoms with Gasteiger partial charge in [-0.3, -0.25) is 4.99 Å². The molecule has 0 saturated carbocycles. The second-order valence-corrected chi connectivity index (χ2v) is 6.14. The van der Waals surface area contributed by atoms with Crippen LogP contribution in [0.4, 0.5) is 0 Å². The number of aliphatic imine (C=N–C) groups is 1. The zero-order chi connectivity index (χ0) is 16.4. The lowest BCUT2D eigenvalue weighted by atomic mass is 10.1. The standard InChI is InChI=1S/C18H32N4.HI/c1-15(2)22(5)14-13-20-18(19-4)21-16(3)11-12-17-9-7-6-8-10-17;/h6-10,15-16H,11-14H2,1-5H3,(H2,19,20,21);1H. The van der Waals surface area contributed by atoms with E-state index < -0.39 is 0 Å². The summed E-state index contributed by atoms with van der Waals surface area (Å²) in [4.78, 5) is 6.62. The van der Waals surface area contributed by atoms with Crippen LogP contribution in [-0.4, -0.2) is 50.1 Å². The fourth-order valence-electron chi connectivity index (χ4n) is 2.14. The number of guanidine groups is 1. The fraction of sp³-hybridized carbons (Fsp3) is 0.611. The highest BCUT2D eigenvalue weighted by Crippen LogP contribution is 2.04. The molecule has 0 radical (unpaired) electrons. The largest absolute Gasteiger partial charge is 0.355 e. The minimum atomic E-state index is 0. The van der Waals surface area contributed by atoms with Gasteiger partial charge in [0, 0.05) is 32.2 Å². The Balaban J connectivity index is 0.00000484. The number of halogens is 1. The Labute approximate surface area is 159 Å². The van der Waals surface area contributed by atoms with Crippen LogP contribution >= 0.6 is 24.0 Å². The first-order valence-electron chi connectivity index (χ1n) is 8.24.